The molecular weight excluding hydrogens is 492 g/mol. The third kappa shape index (κ3) is 3.52. The Bertz CT molecular complexity index is 1520. The lowest BCUT2D eigenvalue weighted by atomic mass is 9.98. The number of hydrogen-bond acceptors (Lipinski definition) is 6. The second-order valence-electron chi connectivity index (χ2n) is 10.1. The molecule has 190 valence electrons. The summed E-state index contributed by atoms with van der Waals surface area (Å²) < 4.78 is 15.3. The summed E-state index contributed by atoms with van der Waals surface area (Å²) in [6.07, 6.45) is 1.80. The van der Waals surface area contributed by atoms with Crippen molar-refractivity contribution in [1.82, 2.24) is 24.5 Å². The number of ether oxygens (including phenoxy) is 2. The molecule has 3 aliphatic rings. The van der Waals surface area contributed by atoms with Gasteiger partial charge in [0.2, 0.25) is 0 Å². The van der Waals surface area contributed by atoms with Gasteiger partial charge in [0.25, 0.3) is 5.91 Å². The summed E-state index contributed by atoms with van der Waals surface area (Å²) in [6.45, 7) is 4.65. The maximum absolute atomic E-state index is 14.2. The summed E-state index contributed by atoms with van der Waals surface area (Å²) in [5.74, 6) is 1.14. The van der Waals surface area contributed by atoms with Gasteiger partial charge in [0.1, 0.15) is 17.4 Å². The normalized spacial score (nSPS) is 20.6. The molecule has 1 atom stereocenters. The van der Waals surface area contributed by atoms with Crippen molar-refractivity contribution >= 4 is 34.2 Å². The highest BCUT2D eigenvalue weighted by Crippen LogP contribution is 2.46. The van der Waals surface area contributed by atoms with Crippen molar-refractivity contribution in [2.24, 2.45) is 7.05 Å². The molecule has 1 unspecified atom stereocenters. The lowest BCUT2D eigenvalue weighted by Crippen LogP contribution is -2.36. The summed E-state index contributed by atoms with van der Waals surface area (Å²) in [5, 5.41) is 9.14. The standard InChI is InChI=1S/C27H27ClN6O3/c1-15-11-19(12-21-22(15)30-31-32(21)2)34-24(16-3-5-18(28)6-4-16)25-23(27(34)35)29-26(17-7-9-36-10-8-17)33(25)20-13-37-14-20/h3-6,11-12,17,20,24H,7-10,13-14H2,1-2H3. The molecular formula is C27H27ClN6O3. The molecule has 0 aliphatic carbocycles. The van der Waals surface area contributed by atoms with E-state index < -0.39 is 0 Å². The van der Waals surface area contributed by atoms with Crippen LogP contribution >= 0.6 is 11.6 Å². The number of benzene rings is 2. The van der Waals surface area contributed by atoms with Crippen molar-refractivity contribution < 1.29 is 14.3 Å². The van der Waals surface area contributed by atoms with Gasteiger partial charge in [-0.2, -0.15) is 0 Å². The van der Waals surface area contributed by atoms with E-state index in [2.05, 4.69) is 14.9 Å². The molecule has 1 amide bonds. The van der Waals surface area contributed by atoms with Crippen LogP contribution in [0.25, 0.3) is 11.0 Å². The van der Waals surface area contributed by atoms with Crippen LogP contribution in [-0.2, 0) is 16.5 Å². The number of aryl methyl sites for hydroxylation is 2. The first-order valence-corrected chi connectivity index (χ1v) is 13.1. The van der Waals surface area contributed by atoms with Gasteiger partial charge in [-0.1, -0.05) is 28.9 Å². The van der Waals surface area contributed by atoms with Crippen molar-refractivity contribution in [3.8, 4) is 0 Å². The van der Waals surface area contributed by atoms with E-state index in [1.165, 1.54) is 0 Å². The van der Waals surface area contributed by atoms with Gasteiger partial charge in [-0.25, -0.2) is 9.67 Å². The van der Waals surface area contributed by atoms with Crippen LogP contribution in [0.4, 0.5) is 5.69 Å². The van der Waals surface area contributed by atoms with E-state index in [1.807, 2.05) is 55.3 Å². The molecule has 2 saturated heterocycles. The zero-order chi connectivity index (χ0) is 25.3. The molecule has 37 heavy (non-hydrogen) atoms. The summed E-state index contributed by atoms with van der Waals surface area (Å²) in [7, 11) is 1.86. The van der Waals surface area contributed by atoms with Crippen LogP contribution in [0, 0.1) is 6.92 Å². The Kier molecular flexibility index (Phi) is 5.35. The van der Waals surface area contributed by atoms with Crippen molar-refractivity contribution in [2.75, 3.05) is 31.3 Å². The van der Waals surface area contributed by atoms with Crippen molar-refractivity contribution in [1.29, 1.82) is 0 Å². The summed E-state index contributed by atoms with van der Waals surface area (Å²) in [5.41, 5.74) is 5.90. The van der Waals surface area contributed by atoms with Crippen molar-refractivity contribution in [3.63, 3.8) is 0 Å². The molecule has 0 saturated carbocycles. The Balaban J connectivity index is 1.44. The van der Waals surface area contributed by atoms with Crippen molar-refractivity contribution in [3.05, 3.63) is 69.8 Å². The fraction of sp³-hybridized carbons (Fsp3) is 0.407. The number of carbonyl (C=O) groups excluding carboxylic acids is 1. The van der Waals surface area contributed by atoms with Gasteiger partial charge in [0.05, 0.1) is 30.5 Å². The van der Waals surface area contributed by atoms with E-state index in [-0.39, 0.29) is 23.9 Å². The monoisotopic (exact) mass is 518 g/mol. The molecule has 10 heteroatoms. The quantitative estimate of drug-likeness (QED) is 0.399. The molecule has 2 aromatic carbocycles. The van der Waals surface area contributed by atoms with Crippen LogP contribution in [0.15, 0.2) is 36.4 Å². The van der Waals surface area contributed by atoms with E-state index in [0.717, 1.165) is 52.2 Å². The van der Waals surface area contributed by atoms with Gasteiger partial charge in [0.15, 0.2) is 5.69 Å². The molecule has 5 heterocycles. The predicted octanol–water partition coefficient (Wildman–Crippen LogP) is 4.34. The number of aromatic nitrogens is 5. The molecule has 0 spiro atoms. The Morgan fingerprint density at radius 3 is 2.51 bits per heavy atom. The van der Waals surface area contributed by atoms with Gasteiger partial charge in [-0.15, -0.1) is 5.10 Å². The number of nitrogens with zero attached hydrogens (tertiary/aromatic N) is 6. The third-order valence-electron chi connectivity index (χ3n) is 7.84. The fourth-order valence-corrected chi connectivity index (χ4v) is 6.00. The fourth-order valence-electron chi connectivity index (χ4n) is 5.87. The van der Waals surface area contributed by atoms with E-state index in [1.54, 1.807) is 4.68 Å². The molecule has 3 aliphatic heterocycles. The van der Waals surface area contributed by atoms with Crippen molar-refractivity contribution in [2.45, 2.75) is 37.8 Å². The smallest absolute Gasteiger partial charge is 0.279 e. The van der Waals surface area contributed by atoms with Gasteiger partial charge >= 0.3 is 0 Å². The molecule has 0 radical (unpaired) electrons. The van der Waals surface area contributed by atoms with Crippen LogP contribution in [0.5, 0.6) is 0 Å². The number of halogens is 1. The van der Waals surface area contributed by atoms with E-state index in [9.17, 15) is 4.79 Å². The number of carbonyl (C=O) groups is 1. The minimum absolute atomic E-state index is 0.101. The molecule has 2 aromatic heterocycles. The number of rotatable bonds is 4. The minimum atomic E-state index is -0.348. The number of hydrogen-bond donors (Lipinski definition) is 0. The third-order valence-corrected chi connectivity index (χ3v) is 8.09. The highest BCUT2D eigenvalue weighted by molar-refractivity contribution is 6.30. The van der Waals surface area contributed by atoms with Crippen LogP contribution in [0.2, 0.25) is 5.02 Å². The molecule has 0 bridgehead atoms. The number of anilines is 1. The SMILES string of the molecule is Cc1cc(N2C(=O)c3nc(C4CCOCC4)n(C4COC4)c3C2c2ccc(Cl)cc2)cc2c1nnn2C. The Morgan fingerprint density at radius 2 is 1.81 bits per heavy atom. The molecule has 2 fully saturated rings. The van der Waals surface area contributed by atoms with Crippen LogP contribution in [0.1, 0.15) is 64.0 Å². The molecule has 9 nitrogen and oxygen atoms in total. The average molecular weight is 519 g/mol. The summed E-state index contributed by atoms with van der Waals surface area (Å²) in [6, 6.07) is 11.6. The first kappa shape index (κ1) is 22.9. The van der Waals surface area contributed by atoms with Gasteiger partial charge < -0.3 is 14.0 Å². The maximum atomic E-state index is 14.2. The number of imidazole rings is 1. The molecule has 7 rings (SSSR count). The minimum Gasteiger partial charge on any atom is -0.381 e. The summed E-state index contributed by atoms with van der Waals surface area (Å²) >= 11 is 6.27. The lowest BCUT2D eigenvalue weighted by molar-refractivity contribution is -0.0270. The summed E-state index contributed by atoms with van der Waals surface area (Å²) in [4.78, 5) is 21.2. The van der Waals surface area contributed by atoms with Gasteiger partial charge in [-0.05, 0) is 55.2 Å². The highest BCUT2D eigenvalue weighted by atomic mass is 35.5. The van der Waals surface area contributed by atoms with Crippen LogP contribution in [-0.4, -0.2) is 56.9 Å². The molecule has 4 aromatic rings. The van der Waals surface area contributed by atoms with Gasteiger partial charge in [-0.3, -0.25) is 9.69 Å². The first-order chi connectivity index (χ1) is 18.0. The Labute approximate surface area is 218 Å². The molecule has 0 N–H and O–H groups in total. The van der Waals surface area contributed by atoms with Crippen LogP contribution in [0.3, 0.4) is 0 Å². The number of fused-ring (bicyclic) bond motifs is 2. The largest absolute Gasteiger partial charge is 0.381 e. The predicted molar refractivity (Wildman–Crippen MR) is 138 cm³/mol. The highest BCUT2D eigenvalue weighted by Gasteiger charge is 2.47. The zero-order valence-corrected chi connectivity index (χ0v) is 21.5. The maximum Gasteiger partial charge on any atom is 0.279 e. The van der Waals surface area contributed by atoms with Crippen LogP contribution < -0.4 is 4.90 Å². The number of amides is 1. The Morgan fingerprint density at radius 1 is 1.05 bits per heavy atom. The van der Waals surface area contributed by atoms with Gasteiger partial charge in [0, 0.05) is 36.9 Å². The average Bonchev–Trinajstić information content (AvgIpc) is 3.52. The van der Waals surface area contributed by atoms with E-state index >= 15 is 0 Å². The second kappa shape index (κ2) is 8.65. The second-order valence-corrected chi connectivity index (χ2v) is 10.6. The topological polar surface area (TPSA) is 87.3 Å². The van der Waals surface area contributed by atoms with E-state index in [4.69, 9.17) is 26.1 Å². The Hall–Kier alpha value is -3.27. The lowest BCUT2D eigenvalue weighted by Gasteiger charge is -2.35. The zero-order valence-electron chi connectivity index (χ0n) is 20.7. The first-order valence-electron chi connectivity index (χ1n) is 12.7. The van der Waals surface area contributed by atoms with E-state index in [0.29, 0.717) is 37.1 Å².